The quantitative estimate of drug-likeness (QED) is 0.237. The SMILES string of the molecule is CN(C)C(NC(N(C)C)N(C)C)=[N+](C)C.[O-][Cl+3]([O-])([O-])[O-]. The van der Waals surface area contributed by atoms with Crippen LogP contribution in [0, 0.1) is 10.2 Å². The highest BCUT2D eigenvalue weighted by Gasteiger charge is 2.22. The topological polar surface area (TPSA) is 117 Å². The molecule has 0 heterocycles. The van der Waals surface area contributed by atoms with Gasteiger partial charge in [0.15, 0.2) is 6.29 Å². The predicted molar refractivity (Wildman–Crippen MR) is 65.1 cm³/mol. The summed E-state index contributed by atoms with van der Waals surface area (Å²) in [5, 5.41) is 3.47. The van der Waals surface area contributed by atoms with Gasteiger partial charge in [0.2, 0.25) is 0 Å². The summed E-state index contributed by atoms with van der Waals surface area (Å²) in [7, 11) is 11.4. The summed E-state index contributed by atoms with van der Waals surface area (Å²) >= 11 is 0. The fraction of sp³-hybridized carbons (Fsp3) is 0.900. The molecule has 0 aliphatic carbocycles. The Hall–Kier alpha value is -0.680. The van der Waals surface area contributed by atoms with E-state index >= 15 is 0 Å². The van der Waals surface area contributed by atoms with E-state index in [1.807, 2.05) is 28.2 Å². The van der Waals surface area contributed by atoms with Crippen LogP contribution in [0.1, 0.15) is 0 Å². The fourth-order valence-electron chi connectivity index (χ4n) is 1.49. The van der Waals surface area contributed by atoms with Crippen molar-refractivity contribution in [3.8, 4) is 0 Å². The van der Waals surface area contributed by atoms with Crippen molar-refractivity contribution in [2.24, 2.45) is 0 Å². The second-order valence-corrected chi connectivity index (χ2v) is 5.69. The molecule has 20 heavy (non-hydrogen) atoms. The Bertz CT molecular complexity index is 287. The summed E-state index contributed by atoms with van der Waals surface area (Å²) in [6, 6.07) is 0. The molecule has 0 spiro atoms. The first-order chi connectivity index (χ1) is 8.77. The zero-order valence-corrected chi connectivity index (χ0v) is 14.1. The fourth-order valence-corrected chi connectivity index (χ4v) is 1.49. The van der Waals surface area contributed by atoms with Gasteiger partial charge in [-0.2, -0.15) is 0 Å². The van der Waals surface area contributed by atoms with E-state index in [2.05, 4.69) is 52.8 Å². The van der Waals surface area contributed by atoms with Gasteiger partial charge in [-0.25, -0.2) is 24.0 Å². The Morgan fingerprint density at radius 1 is 0.900 bits per heavy atom. The lowest BCUT2D eigenvalue weighted by Gasteiger charge is -2.30. The second kappa shape index (κ2) is 9.29. The molecular formula is C10H26ClN5O4. The van der Waals surface area contributed by atoms with Gasteiger partial charge in [-0.05, 0) is 28.2 Å². The van der Waals surface area contributed by atoms with Crippen molar-refractivity contribution in [3.05, 3.63) is 0 Å². The highest BCUT2D eigenvalue weighted by atomic mass is 35.7. The van der Waals surface area contributed by atoms with Gasteiger partial charge >= 0.3 is 5.96 Å². The first-order valence-electron chi connectivity index (χ1n) is 5.70. The first-order valence-corrected chi connectivity index (χ1v) is 6.93. The van der Waals surface area contributed by atoms with Crippen molar-refractivity contribution in [1.82, 2.24) is 20.0 Å². The Morgan fingerprint density at radius 3 is 1.35 bits per heavy atom. The van der Waals surface area contributed by atoms with Crippen LogP contribution in [0.5, 0.6) is 0 Å². The zero-order chi connectivity index (χ0) is 16.7. The molecule has 0 fully saturated rings. The average molecular weight is 316 g/mol. The van der Waals surface area contributed by atoms with Gasteiger partial charge in [-0.15, -0.1) is 10.2 Å². The molecular weight excluding hydrogens is 290 g/mol. The molecule has 0 saturated heterocycles. The number of halogens is 1. The molecule has 0 atom stereocenters. The molecule has 0 aliphatic rings. The molecule has 0 aliphatic heterocycles. The summed E-state index contributed by atoms with van der Waals surface area (Å²) in [4.78, 5) is 6.33. The van der Waals surface area contributed by atoms with Gasteiger partial charge in [-0.3, -0.25) is 19.3 Å². The Labute approximate surface area is 123 Å². The first kappa shape index (κ1) is 21.6. The molecule has 0 amide bonds. The summed E-state index contributed by atoms with van der Waals surface area (Å²) in [5.41, 5.74) is 0. The van der Waals surface area contributed by atoms with Crippen LogP contribution in [0.15, 0.2) is 0 Å². The van der Waals surface area contributed by atoms with Gasteiger partial charge in [-0.1, -0.05) is 0 Å². The molecule has 1 N–H and O–H groups in total. The lowest BCUT2D eigenvalue weighted by Crippen LogP contribution is -2.68. The smallest absolute Gasteiger partial charge is 0.270 e. The van der Waals surface area contributed by atoms with E-state index in [0.29, 0.717) is 0 Å². The summed E-state index contributed by atoms with van der Waals surface area (Å²) < 4.78 is 36.0. The van der Waals surface area contributed by atoms with E-state index in [4.69, 9.17) is 18.6 Å². The van der Waals surface area contributed by atoms with Crippen LogP contribution in [-0.2, 0) is 0 Å². The predicted octanol–water partition coefficient (Wildman–Crippen LogP) is -5.58. The van der Waals surface area contributed by atoms with Gasteiger partial charge in [0.1, 0.15) is 0 Å². The van der Waals surface area contributed by atoms with Crippen LogP contribution >= 0.6 is 0 Å². The van der Waals surface area contributed by atoms with Gasteiger partial charge in [0.25, 0.3) is 0 Å². The number of nitrogens with zero attached hydrogens (tertiary/aromatic N) is 4. The van der Waals surface area contributed by atoms with Crippen molar-refractivity contribution in [2.75, 3.05) is 56.4 Å². The zero-order valence-electron chi connectivity index (χ0n) is 13.4. The summed E-state index contributed by atoms with van der Waals surface area (Å²) in [5.74, 6) is 1.09. The minimum Gasteiger partial charge on any atom is -0.270 e. The highest BCUT2D eigenvalue weighted by molar-refractivity contribution is 5.74. The Morgan fingerprint density at radius 2 is 1.20 bits per heavy atom. The van der Waals surface area contributed by atoms with E-state index in [-0.39, 0.29) is 6.29 Å². The van der Waals surface area contributed by atoms with Crippen LogP contribution in [0.2, 0.25) is 0 Å². The molecule has 0 aromatic carbocycles. The van der Waals surface area contributed by atoms with Crippen molar-refractivity contribution in [1.29, 1.82) is 0 Å². The molecule has 0 saturated carbocycles. The summed E-state index contributed by atoms with van der Waals surface area (Å²) in [6.07, 6.45) is 0.185. The lowest BCUT2D eigenvalue weighted by atomic mass is 10.6. The number of hydrogen-bond donors (Lipinski definition) is 1. The molecule has 0 aromatic heterocycles. The van der Waals surface area contributed by atoms with Crippen LogP contribution in [0.4, 0.5) is 0 Å². The maximum Gasteiger partial charge on any atom is 0.349 e. The number of rotatable bonds is 3. The molecule has 0 unspecified atom stereocenters. The van der Waals surface area contributed by atoms with E-state index < -0.39 is 10.2 Å². The Kier molecular flexibility index (Phi) is 10.0. The third-order valence-electron chi connectivity index (χ3n) is 2.08. The molecule has 0 rings (SSSR count). The third-order valence-corrected chi connectivity index (χ3v) is 2.08. The van der Waals surface area contributed by atoms with Crippen molar-refractivity contribution >= 4 is 5.96 Å². The van der Waals surface area contributed by atoms with Crippen molar-refractivity contribution < 1.29 is 33.5 Å². The minimum absolute atomic E-state index is 0.185. The Balaban J connectivity index is 0. The van der Waals surface area contributed by atoms with Crippen molar-refractivity contribution in [2.45, 2.75) is 6.29 Å². The largest absolute Gasteiger partial charge is 0.349 e. The molecule has 0 bridgehead atoms. The van der Waals surface area contributed by atoms with Gasteiger partial charge in [0, 0.05) is 0 Å². The molecule has 122 valence electrons. The lowest BCUT2D eigenvalue weighted by molar-refractivity contribution is -2.00. The normalized spacial score (nSPS) is 11.3. The van der Waals surface area contributed by atoms with E-state index in [1.165, 1.54) is 0 Å². The van der Waals surface area contributed by atoms with Crippen LogP contribution in [0.25, 0.3) is 0 Å². The summed E-state index contributed by atoms with van der Waals surface area (Å²) in [6.45, 7) is 0. The number of guanidine groups is 1. The van der Waals surface area contributed by atoms with Crippen LogP contribution in [-0.4, -0.2) is 87.9 Å². The van der Waals surface area contributed by atoms with Gasteiger partial charge < -0.3 is 0 Å². The molecule has 10 heteroatoms. The van der Waals surface area contributed by atoms with E-state index in [0.717, 1.165) is 5.96 Å². The number of nitrogens with one attached hydrogen (secondary N) is 1. The van der Waals surface area contributed by atoms with Crippen LogP contribution in [0.3, 0.4) is 0 Å². The average Bonchev–Trinajstić information content (AvgIpc) is 2.12. The third kappa shape index (κ3) is 12.4. The monoisotopic (exact) mass is 315 g/mol. The number of hydrogen-bond acceptors (Lipinski definition) is 6. The standard InChI is InChI=1S/C10H25N5.ClHO4/c1-12(2)9(13(3)4)11-10(14(5)6)15(7)8;2-1(3,4)5/h9H,1-8H3;(H,2,3,4,5). The maximum atomic E-state index is 8.49. The van der Waals surface area contributed by atoms with Crippen LogP contribution < -0.4 is 24.0 Å². The molecule has 9 nitrogen and oxygen atoms in total. The van der Waals surface area contributed by atoms with E-state index in [9.17, 15) is 0 Å². The molecule has 0 aromatic rings. The van der Waals surface area contributed by atoms with Gasteiger partial charge in [0.05, 0.1) is 28.2 Å². The molecule has 0 radical (unpaired) electrons. The highest BCUT2D eigenvalue weighted by Crippen LogP contribution is 1.93. The second-order valence-electron chi connectivity index (χ2n) is 4.94. The maximum absolute atomic E-state index is 8.49. The minimum atomic E-state index is -4.94. The van der Waals surface area contributed by atoms with Crippen molar-refractivity contribution in [3.63, 3.8) is 0 Å². The van der Waals surface area contributed by atoms with E-state index in [1.54, 1.807) is 0 Å².